The summed E-state index contributed by atoms with van der Waals surface area (Å²) in [5.74, 6) is -2.34. The first kappa shape index (κ1) is 24.2. The van der Waals surface area contributed by atoms with Crippen molar-refractivity contribution < 1.29 is 37.1 Å². The number of hydrogen-bond acceptors (Lipinski definition) is 7. The number of likely N-dealkylation sites (tertiary alicyclic amines) is 1. The van der Waals surface area contributed by atoms with Crippen LogP contribution in [0.1, 0.15) is 33.8 Å². The Morgan fingerprint density at radius 1 is 1.38 bits per heavy atom. The number of carboxylic acid groups (broad SMARTS) is 1. The fourth-order valence-electron chi connectivity index (χ4n) is 3.63. The molecule has 1 amide bonds. The van der Waals surface area contributed by atoms with Crippen molar-refractivity contribution in [2.75, 3.05) is 26.2 Å². The summed E-state index contributed by atoms with van der Waals surface area (Å²) in [6.07, 6.45) is -1.46. The van der Waals surface area contributed by atoms with Crippen LogP contribution in [0, 0.1) is 12.8 Å². The number of thiophene rings is 1. The highest BCUT2D eigenvalue weighted by Gasteiger charge is 2.46. The molecule has 2 aromatic heterocycles. The Balaban J connectivity index is 0.000000360. The molecule has 2 saturated heterocycles. The van der Waals surface area contributed by atoms with Crippen molar-refractivity contribution in [3.63, 3.8) is 0 Å². The number of hydrogen-bond donors (Lipinski definition) is 2. The number of carbonyl (C=O) groups excluding carboxylic acids is 1. The van der Waals surface area contributed by atoms with Crippen LogP contribution in [0.25, 0.3) is 0 Å². The summed E-state index contributed by atoms with van der Waals surface area (Å²) in [7, 11) is 0. The largest absolute Gasteiger partial charge is 0.490 e. The molecule has 4 heterocycles. The van der Waals surface area contributed by atoms with E-state index in [1.807, 2.05) is 11.3 Å². The minimum atomic E-state index is -5.08. The molecule has 4 rings (SSSR count). The smallest absolute Gasteiger partial charge is 0.475 e. The van der Waals surface area contributed by atoms with E-state index in [0.29, 0.717) is 19.1 Å². The van der Waals surface area contributed by atoms with Crippen LogP contribution >= 0.6 is 11.3 Å². The molecule has 0 bridgehead atoms. The molecule has 2 aliphatic rings. The van der Waals surface area contributed by atoms with Gasteiger partial charge >= 0.3 is 12.1 Å². The monoisotopic (exact) mass is 475 g/mol. The van der Waals surface area contributed by atoms with Gasteiger partial charge < -0.3 is 19.7 Å². The molecule has 1 spiro atoms. The van der Waals surface area contributed by atoms with E-state index in [1.165, 1.54) is 16.6 Å². The molecule has 176 valence electrons. The van der Waals surface area contributed by atoms with Crippen molar-refractivity contribution in [2.45, 2.75) is 38.1 Å². The fourth-order valence-corrected chi connectivity index (χ4v) is 4.58. The van der Waals surface area contributed by atoms with Gasteiger partial charge in [-0.25, -0.2) is 4.79 Å². The molecule has 1 unspecified atom stereocenters. The average Bonchev–Trinajstić information content (AvgIpc) is 3.38. The van der Waals surface area contributed by atoms with Crippen LogP contribution in [0.4, 0.5) is 13.2 Å². The highest BCUT2D eigenvalue weighted by atomic mass is 32.1. The van der Waals surface area contributed by atoms with Gasteiger partial charge in [-0.05, 0) is 42.7 Å². The highest BCUT2D eigenvalue weighted by molar-refractivity contribution is 7.10. The molecular formula is C20H24F3N3O5S. The number of aliphatic carboxylic acids is 1. The number of amides is 1. The second kappa shape index (κ2) is 10.0. The number of rotatable bonds is 5. The number of carbonyl (C=O) groups is 2. The second-order valence-corrected chi connectivity index (χ2v) is 8.96. The summed E-state index contributed by atoms with van der Waals surface area (Å²) >= 11 is 1.84. The molecule has 2 N–H and O–H groups in total. The van der Waals surface area contributed by atoms with E-state index in [0.717, 1.165) is 32.5 Å². The van der Waals surface area contributed by atoms with Crippen LogP contribution in [0.2, 0.25) is 0 Å². The van der Waals surface area contributed by atoms with E-state index in [4.69, 9.17) is 19.2 Å². The number of carboxylic acids is 1. The number of nitrogens with zero attached hydrogens (tertiary/aromatic N) is 2. The molecule has 0 aromatic carbocycles. The average molecular weight is 475 g/mol. The summed E-state index contributed by atoms with van der Waals surface area (Å²) in [4.78, 5) is 24.7. The maximum atomic E-state index is 11.9. The van der Waals surface area contributed by atoms with E-state index in [-0.39, 0.29) is 17.3 Å². The molecule has 0 saturated carbocycles. The number of halogens is 3. The summed E-state index contributed by atoms with van der Waals surface area (Å²) in [5, 5.41) is 15.7. The minimum Gasteiger partial charge on any atom is -0.475 e. The maximum absolute atomic E-state index is 11.9. The van der Waals surface area contributed by atoms with Gasteiger partial charge in [0.05, 0.1) is 18.4 Å². The van der Waals surface area contributed by atoms with Gasteiger partial charge in [0.25, 0.3) is 5.91 Å². The molecule has 0 aliphatic carbocycles. The lowest BCUT2D eigenvalue weighted by molar-refractivity contribution is -0.192. The molecule has 1 atom stereocenters. The van der Waals surface area contributed by atoms with Crippen molar-refractivity contribution in [2.24, 2.45) is 5.92 Å². The van der Waals surface area contributed by atoms with Gasteiger partial charge in [-0.1, -0.05) is 5.16 Å². The van der Waals surface area contributed by atoms with Crippen LogP contribution in [0.3, 0.4) is 0 Å². The number of aromatic nitrogens is 1. The van der Waals surface area contributed by atoms with E-state index in [1.54, 1.807) is 6.07 Å². The quantitative estimate of drug-likeness (QED) is 0.685. The SMILES string of the molecule is Cc1ccsc1CN1CC2(CCC(CNC(=O)c3ccno3)CO2)C1.O=C(O)C(F)(F)F. The molecule has 12 heteroatoms. The third kappa shape index (κ3) is 6.30. The van der Waals surface area contributed by atoms with Crippen molar-refractivity contribution in [3.05, 3.63) is 39.9 Å². The Kier molecular flexibility index (Phi) is 7.57. The topological polar surface area (TPSA) is 105 Å². The molecule has 2 aromatic rings. The third-order valence-electron chi connectivity index (χ3n) is 5.45. The van der Waals surface area contributed by atoms with Gasteiger partial charge in [-0.15, -0.1) is 11.3 Å². The zero-order valence-corrected chi connectivity index (χ0v) is 18.2. The normalized spacial score (nSPS) is 20.2. The number of nitrogens with one attached hydrogen (secondary N) is 1. The first-order chi connectivity index (χ1) is 15.1. The molecular weight excluding hydrogens is 451 g/mol. The summed E-state index contributed by atoms with van der Waals surface area (Å²) in [6.45, 7) is 6.57. The maximum Gasteiger partial charge on any atom is 0.490 e. The predicted molar refractivity (Wildman–Crippen MR) is 108 cm³/mol. The van der Waals surface area contributed by atoms with E-state index in [2.05, 4.69) is 33.7 Å². The van der Waals surface area contributed by atoms with E-state index < -0.39 is 12.1 Å². The molecule has 32 heavy (non-hydrogen) atoms. The van der Waals surface area contributed by atoms with Crippen LogP contribution < -0.4 is 5.32 Å². The number of alkyl halides is 3. The van der Waals surface area contributed by atoms with Crippen molar-refractivity contribution >= 4 is 23.2 Å². The molecule has 2 fully saturated rings. The first-order valence-corrected chi connectivity index (χ1v) is 10.8. The standard InChI is InChI=1S/C18H23N3O3S.C2HF3O2/c1-13-4-7-25-16(13)9-21-11-18(12-21)5-2-14(10-23-18)8-19-17(22)15-3-6-20-24-15;3-2(4,5)1(6)7/h3-4,6-7,14H,2,5,8-12H2,1H3,(H,19,22);(H,6,7). The highest BCUT2D eigenvalue weighted by Crippen LogP contribution is 2.37. The van der Waals surface area contributed by atoms with Gasteiger partial charge in [0.2, 0.25) is 5.76 Å². The van der Waals surface area contributed by atoms with Gasteiger partial charge in [-0.3, -0.25) is 9.69 Å². The van der Waals surface area contributed by atoms with Crippen molar-refractivity contribution in [1.82, 2.24) is 15.4 Å². The summed E-state index contributed by atoms with van der Waals surface area (Å²) < 4.78 is 42.8. The molecule has 0 radical (unpaired) electrons. The van der Waals surface area contributed by atoms with Crippen LogP contribution in [-0.2, 0) is 16.1 Å². The van der Waals surface area contributed by atoms with Crippen LogP contribution in [0.15, 0.2) is 28.2 Å². The Morgan fingerprint density at radius 3 is 2.59 bits per heavy atom. The lowest BCUT2D eigenvalue weighted by atomic mass is 9.83. The lowest BCUT2D eigenvalue weighted by Gasteiger charge is -2.53. The zero-order chi connectivity index (χ0) is 23.4. The fraction of sp³-hybridized carbons (Fsp3) is 0.550. The van der Waals surface area contributed by atoms with Gasteiger partial charge in [0, 0.05) is 37.1 Å². The van der Waals surface area contributed by atoms with Crippen LogP contribution in [-0.4, -0.2) is 65.1 Å². The first-order valence-electron chi connectivity index (χ1n) is 9.96. The minimum absolute atomic E-state index is 0.0383. The van der Waals surface area contributed by atoms with Crippen molar-refractivity contribution in [1.29, 1.82) is 0 Å². The Hall–Kier alpha value is -2.44. The van der Waals surface area contributed by atoms with Gasteiger partial charge in [-0.2, -0.15) is 13.2 Å². The molecule has 2 aliphatic heterocycles. The van der Waals surface area contributed by atoms with Gasteiger partial charge in [0.1, 0.15) is 0 Å². The Labute approximate surface area is 186 Å². The lowest BCUT2D eigenvalue weighted by Crippen LogP contribution is -2.64. The zero-order valence-electron chi connectivity index (χ0n) is 17.4. The summed E-state index contributed by atoms with van der Waals surface area (Å²) in [5.41, 5.74) is 1.43. The third-order valence-corrected chi connectivity index (χ3v) is 6.46. The van der Waals surface area contributed by atoms with Crippen LogP contribution in [0.5, 0.6) is 0 Å². The second-order valence-electron chi connectivity index (χ2n) is 7.96. The Morgan fingerprint density at radius 2 is 2.09 bits per heavy atom. The predicted octanol–water partition coefficient (Wildman–Crippen LogP) is 3.09. The van der Waals surface area contributed by atoms with E-state index in [9.17, 15) is 18.0 Å². The summed E-state index contributed by atoms with van der Waals surface area (Å²) in [6, 6.07) is 3.75. The Bertz CT molecular complexity index is 900. The van der Waals surface area contributed by atoms with Crippen molar-refractivity contribution in [3.8, 4) is 0 Å². The molecule has 8 nitrogen and oxygen atoms in total. The number of ether oxygens (including phenoxy) is 1. The number of aryl methyl sites for hydroxylation is 1. The van der Waals surface area contributed by atoms with Gasteiger partial charge in [0.15, 0.2) is 0 Å². The van der Waals surface area contributed by atoms with E-state index >= 15 is 0 Å².